The van der Waals surface area contributed by atoms with Crippen LogP contribution in [0.1, 0.15) is 127 Å². The fraction of sp³-hybridized carbons (Fsp3) is 0.455. The molecular weight excluding hydrogens is 966 g/mol. The summed E-state index contributed by atoms with van der Waals surface area (Å²) < 4.78 is 14.0. The molecule has 73 heavy (non-hydrogen) atoms. The predicted molar refractivity (Wildman–Crippen MR) is 279 cm³/mol. The number of likely N-dealkylation sites (tertiary alicyclic amines) is 2. The lowest BCUT2D eigenvalue weighted by Crippen LogP contribution is -2.58. The summed E-state index contributed by atoms with van der Waals surface area (Å²) in [6.45, 7) is 15.4. The number of nitrogens with one attached hydrogen (secondary N) is 3. The van der Waals surface area contributed by atoms with Gasteiger partial charge in [0, 0.05) is 78.6 Å². The second-order valence-electron chi connectivity index (χ2n) is 20.9. The molecule has 4 aliphatic rings. The average Bonchev–Trinajstić information content (AvgIpc) is 4.00. The molecule has 5 heterocycles. The highest BCUT2D eigenvalue weighted by atomic mass is 35.5. The molecule has 5 aromatic rings. The van der Waals surface area contributed by atoms with Gasteiger partial charge < -0.3 is 35.2 Å². The molecule has 0 radical (unpaired) electrons. The number of halogens is 1. The minimum Gasteiger partial charge on any atom is -0.490 e. The van der Waals surface area contributed by atoms with E-state index in [-0.39, 0.29) is 73.2 Å². The number of methoxy groups -OCH3 is 1. The Kier molecular flexibility index (Phi) is 14.9. The van der Waals surface area contributed by atoms with Crippen molar-refractivity contribution in [3.63, 3.8) is 0 Å². The van der Waals surface area contributed by atoms with Crippen LogP contribution < -0.4 is 20.7 Å². The number of rotatable bonds is 15. The molecule has 0 spiro atoms. The van der Waals surface area contributed by atoms with Gasteiger partial charge in [-0.05, 0) is 92.6 Å². The van der Waals surface area contributed by atoms with Crippen LogP contribution in [0.25, 0.3) is 5.00 Å². The molecule has 5 amide bonds. The molecular formula is C55H64ClN9O7S. The lowest BCUT2D eigenvalue weighted by molar-refractivity contribution is -0.144. The number of thiophene rings is 1. The first kappa shape index (κ1) is 51.5. The lowest BCUT2D eigenvalue weighted by atomic mass is 9.85. The summed E-state index contributed by atoms with van der Waals surface area (Å²) in [5.74, 6) is 0.851. The highest BCUT2D eigenvalue weighted by molar-refractivity contribution is 7.15. The molecule has 5 atom stereocenters. The fourth-order valence-corrected chi connectivity index (χ4v) is 11.3. The zero-order valence-corrected chi connectivity index (χ0v) is 44.2. The van der Waals surface area contributed by atoms with Gasteiger partial charge in [-0.15, -0.1) is 21.5 Å². The van der Waals surface area contributed by atoms with Crippen LogP contribution in [-0.4, -0.2) is 117 Å². The van der Waals surface area contributed by atoms with Gasteiger partial charge in [0.2, 0.25) is 23.6 Å². The van der Waals surface area contributed by atoms with Gasteiger partial charge in [-0.2, -0.15) is 0 Å². The van der Waals surface area contributed by atoms with E-state index in [1.807, 2.05) is 99.8 Å². The molecule has 0 unspecified atom stereocenters. The Morgan fingerprint density at radius 2 is 1.56 bits per heavy atom. The molecule has 16 nitrogen and oxygen atoms in total. The Labute approximate surface area is 435 Å². The molecule has 2 saturated heterocycles. The van der Waals surface area contributed by atoms with Crippen molar-refractivity contribution < 1.29 is 33.4 Å². The Hall–Kier alpha value is -6.43. The van der Waals surface area contributed by atoms with Gasteiger partial charge >= 0.3 is 0 Å². The minimum absolute atomic E-state index is 0.00266. The van der Waals surface area contributed by atoms with E-state index in [0.29, 0.717) is 41.4 Å². The summed E-state index contributed by atoms with van der Waals surface area (Å²) in [5, 5.41) is 19.8. The zero-order chi connectivity index (χ0) is 51.9. The van der Waals surface area contributed by atoms with Gasteiger partial charge in [-0.3, -0.25) is 33.5 Å². The number of amides is 5. The molecule has 3 fully saturated rings. The fourth-order valence-electron chi connectivity index (χ4n) is 9.93. The van der Waals surface area contributed by atoms with Gasteiger partial charge in [-0.25, -0.2) is 0 Å². The maximum absolute atomic E-state index is 14.4. The van der Waals surface area contributed by atoms with Crippen LogP contribution in [0.3, 0.4) is 0 Å². The third kappa shape index (κ3) is 11.1. The molecule has 3 N–H and O–H groups in total. The highest BCUT2D eigenvalue weighted by Crippen LogP contribution is 2.40. The second-order valence-corrected chi connectivity index (χ2v) is 22.5. The molecule has 9 rings (SSSR count). The van der Waals surface area contributed by atoms with Crippen LogP contribution in [0.4, 0.5) is 0 Å². The van der Waals surface area contributed by atoms with E-state index in [2.05, 4.69) is 40.0 Å². The van der Waals surface area contributed by atoms with Crippen molar-refractivity contribution >= 4 is 58.2 Å². The Balaban J connectivity index is 0.770. The third-order valence-electron chi connectivity index (χ3n) is 14.5. The maximum atomic E-state index is 14.4. The smallest absolute Gasteiger partial charge is 0.253 e. The van der Waals surface area contributed by atoms with E-state index in [1.165, 1.54) is 9.78 Å². The van der Waals surface area contributed by atoms with Gasteiger partial charge in [0.05, 0.1) is 30.7 Å². The maximum Gasteiger partial charge on any atom is 0.253 e. The van der Waals surface area contributed by atoms with Crippen molar-refractivity contribution in [1.29, 1.82) is 0 Å². The van der Waals surface area contributed by atoms with Crippen molar-refractivity contribution in [2.45, 2.75) is 129 Å². The van der Waals surface area contributed by atoms with Gasteiger partial charge in [0.15, 0.2) is 5.82 Å². The second kappa shape index (κ2) is 21.2. The zero-order valence-electron chi connectivity index (χ0n) is 42.7. The number of carbonyl (C=O) groups excluding carboxylic acids is 5. The summed E-state index contributed by atoms with van der Waals surface area (Å²) in [5.41, 5.74) is 5.32. The largest absolute Gasteiger partial charge is 0.490 e. The number of hydrogen-bond acceptors (Lipinski definition) is 11. The summed E-state index contributed by atoms with van der Waals surface area (Å²) in [4.78, 5) is 78.1. The molecule has 0 bridgehead atoms. The molecule has 3 aromatic carbocycles. The first-order valence-corrected chi connectivity index (χ1v) is 26.3. The van der Waals surface area contributed by atoms with E-state index in [9.17, 15) is 24.0 Å². The van der Waals surface area contributed by atoms with E-state index < -0.39 is 23.5 Å². The molecule has 3 aliphatic heterocycles. The molecule has 2 aromatic heterocycles. The number of aryl methyl sites for hydroxylation is 2. The van der Waals surface area contributed by atoms with Crippen LogP contribution in [0.2, 0.25) is 5.02 Å². The van der Waals surface area contributed by atoms with Crippen molar-refractivity contribution in [3.05, 3.63) is 128 Å². The van der Waals surface area contributed by atoms with Crippen LogP contribution in [0.15, 0.2) is 77.8 Å². The number of hydrogen-bond donors (Lipinski definition) is 3. The number of ether oxygens (including phenoxy) is 2. The van der Waals surface area contributed by atoms with E-state index in [1.54, 1.807) is 35.5 Å². The van der Waals surface area contributed by atoms with E-state index in [4.69, 9.17) is 26.1 Å². The minimum atomic E-state index is -0.923. The lowest BCUT2D eigenvalue weighted by Gasteiger charge is -2.36. The predicted octanol–water partition coefficient (Wildman–Crippen LogP) is 7.33. The van der Waals surface area contributed by atoms with Crippen molar-refractivity contribution in [1.82, 2.24) is 40.5 Å². The van der Waals surface area contributed by atoms with Crippen molar-refractivity contribution in [2.24, 2.45) is 10.4 Å². The number of nitrogens with zero attached hydrogens (tertiary/aromatic N) is 6. The SMILES string of the molecule is CO[C@@H]1C[C@@H](C(=O)N[C@@H](C)c2ccc(C(=O)N3CCC3)cc2)N(C(=O)[C@@H](NC(=O)Cc2ccc(OC3CC(NC(=O)C[C@@H]4N=C(c5ccc(Cl)cc5)c5c(sc(C)c5C)-n5c(C)nnc54)C3)cc2)C(C)(C)C)C1. The number of benzene rings is 3. The van der Waals surface area contributed by atoms with Gasteiger partial charge in [0.1, 0.15) is 40.8 Å². The molecule has 18 heteroatoms. The van der Waals surface area contributed by atoms with Crippen molar-refractivity contribution in [3.8, 4) is 10.8 Å². The average molecular weight is 1030 g/mol. The standard InChI is InChI=1S/C55H64ClN9O7S/c1-30-32(3)73-54-47(30)48(36-16-18-38(56)19-17-36)59-43(50-62-61-33(4)65(50)54)28-46(67)58-39-25-41(26-39)72-40-20-10-34(11-21-40)24-45(66)60-49(55(5,6)7)53(70)64-29-42(71-8)27-44(64)51(68)57-31(2)35-12-14-37(15-13-35)52(69)63-22-9-23-63/h10-21,31,39,41-44,49H,9,22-29H2,1-8H3,(H,57,68)(H,58,67)(H,60,66)/t31-,39?,41?,42+,43-,44-,49+/m0/s1. The topological polar surface area (TPSA) is 189 Å². The first-order valence-electron chi connectivity index (χ1n) is 25.1. The Morgan fingerprint density at radius 1 is 0.863 bits per heavy atom. The Bertz CT molecular complexity index is 2920. The summed E-state index contributed by atoms with van der Waals surface area (Å²) in [6.07, 6.45) is 2.25. The van der Waals surface area contributed by atoms with Gasteiger partial charge in [-0.1, -0.05) is 68.8 Å². The molecule has 384 valence electrons. The number of aromatic nitrogens is 3. The monoisotopic (exact) mass is 1030 g/mol. The highest BCUT2D eigenvalue weighted by Gasteiger charge is 2.45. The van der Waals surface area contributed by atoms with Crippen LogP contribution in [0, 0.1) is 26.2 Å². The van der Waals surface area contributed by atoms with Gasteiger partial charge in [0.25, 0.3) is 5.91 Å². The van der Waals surface area contributed by atoms with Crippen LogP contribution in [-0.2, 0) is 30.3 Å². The van der Waals surface area contributed by atoms with E-state index in [0.717, 1.165) is 63.9 Å². The molecule has 1 aliphatic carbocycles. The number of carbonyl (C=O) groups is 5. The number of aliphatic imine (C=N–C) groups is 1. The van der Waals surface area contributed by atoms with Crippen LogP contribution in [0.5, 0.6) is 5.75 Å². The third-order valence-corrected chi connectivity index (χ3v) is 16.0. The normalized spacial score (nSPS) is 21.1. The quantitative estimate of drug-likeness (QED) is 0.0965. The summed E-state index contributed by atoms with van der Waals surface area (Å²) in [7, 11) is 1.56. The summed E-state index contributed by atoms with van der Waals surface area (Å²) >= 11 is 7.94. The first-order chi connectivity index (χ1) is 34.8. The molecule has 1 saturated carbocycles. The number of fused-ring (bicyclic) bond motifs is 3. The summed E-state index contributed by atoms with van der Waals surface area (Å²) in [6, 6.07) is 19.4. The van der Waals surface area contributed by atoms with Crippen molar-refractivity contribution in [2.75, 3.05) is 26.7 Å². The van der Waals surface area contributed by atoms with Crippen LogP contribution >= 0.6 is 22.9 Å². The van der Waals surface area contributed by atoms with E-state index >= 15 is 0 Å². The Morgan fingerprint density at radius 3 is 2.21 bits per heavy atom.